The SMILES string of the molecule is Cc1ccc(S(=O)(=O)n2cc(-c3ncc(F)c(N[C@H]4C5CC(C[C@@H]4CCC(C)(C)[Si](O)(c4ccccc4)c4ccccc4)C5(C)C)n3)c3cc(Cl)cnc32)cc1. The number of hydrogen-bond acceptors (Lipinski definition) is 7. The monoisotopic (exact) mass is 807 g/mol. The largest absolute Gasteiger partial charge is 0.424 e. The first-order chi connectivity index (χ1) is 26.6. The van der Waals surface area contributed by atoms with E-state index in [1.165, 1.54) is 12.4 Å². The first-order valence-corrected chi connectivity index (χ1v) is 23.0. The molecule has 4 atom stereocenters. The number of rotatable bonds is 11. The van der Waals surface area contributed by atoms with Gasteiger partial charge in [0.1, 0.15) is 0 Å². The van der Waals surface area contributed by atoms with Crippen LogP contribution in [0.25, 0.3) is 22.4 Å². The number of benzene rings is 3. The third-order valence-electron chi connectivity index (χ3n) is 13.0. The summed E-state index contributed by atoms with van der Waals surface area (Å²) in [6.07, 6.45) is 7.64. The van der Waals surface area contributed by atoms with Crippen LogP contribution in [0, 0.1) is 35.9 Å². The number of aromatic nitrogens is 4. The fourth-order valence-corrected chi connectivity index (χ4v) is 14.7. The number of nitrogens with one attached hydrogen (secondary N) is 1. The standard InChI is InChI=1S/C44H47ClFN5O3SSi/c1-28-16-18-32(19-17-28)55(52,53)51-27-36(35-24-31(45)25-48-42(35)51)40-47-26-38(46)41(50-40)49-39-29(22-30-23-37(39)44(30,4)5)20-21-43(2,3)56(54,33-12-8-6-9-13-33)34-14-10-7-11-15-34/h6-19,24-27,29-30,37,39,54H,20-23H2,1-5H3,(H,47,49,50)/t29-,30?,37?,39+/m0/s1. The van der Waals surface area contributed by atoms with Crippen LogP contribution in [0.3, 0.4) is 0 Å². The summed E-state index contributed by atoms with van der Waals surface area (Å²) in [6, 6.07) is 28.3. The molecular weight excluding hydrogens is 761 g/mol. The van der Waals surface area contributed by atoms with Crippen LogP contribution in [0.1, 0.15) is 58.9 Å². The third kappa shape index (κ3) is 6.46. The van der Waals surface area contributed by atoms with Crippen LogP contribution >= 0.6 is 11.6 Å². The lowest BCUT2D eigenvalue weighted by molar-refractivity contribution is -0.101. The van der Waals surface area contributed by atoms with Gasteiger partial charge in [-0.2, -0.15) is 0 Å². The van der Waals surface area contributed by atoms with E-state index < -0.39 is 29.2 Å². The molecule has 6 aromatic rings. The van der Waals surface area contributed by atoms with E-state index in [0.29, 0.717) is 21.9 Å². The van der Waals surface area contributed by atoms with Gasteiger partial charge in [0.05, 0.1) is 16.1 Å². The Bertz CT molecular complexity index is 2480. The predicted octanol–water partition coefficient (Wildman–Crippen LogP) is 8.61. The number of pyridine rings is 1. The minimum atomic E-state index is -4.06. The van der Waals surface area contributed by atoms with Crippen LogP contribution in [0.15, 0.2) is 114 Å². The van der Waals surface area contributed by atoms with Gasteiger partial charge in [-0.25, -0.2) is 31.7 Å². The fourth-order valence-electron chi connectivity index (χ4n) is 9.45. The van der Waals surface area contributed by atoms with E-state index in [0.717, 1.165) is 51.8 Å². The van der Waals surface area contributed by atoms with Gasteiger partial charge in [0.2, 0.25) is 0 Å². The van der Waals surface area contributed by atoms with Crippen molar-refractivity contribution < 1.29 is 17.6 Å². The molecule has 3 aliphatic rings. The van der Waals surface area contributed by atoms with E-state index in [1.807, 2.05) is 43.3 Å². The first-order valence-electron chi connectivity index (χ1n) is 19.2. The summed E-state index contributed by atoms with van der Waals surface area (Å²) in [5, 5.41) is 5.87. The maximum Gasteiger partial charge on any atom is 0.269 e. The van der Waals surface area contributed by atoms with Crippen LogP contribution in [-0.4, -0.2) is 46.5 Å². The Hall–Kier alpha value is -4.42. The molecule has 3 aromatic heterocycles. The van der Waals surface area contributed by atoms with E-state index in [2.05, 4.69) is 67.2 Å². The summed E-state index contributed by atoms with van der Waals surface area (Å²) in [7, 11) is -7.28. The molecule has 0 radical (unpaired) electrons. The molecule has 0 spiro atoms. The smallest absolute Gasteiger partial charge is 0.269 e. The highest BCUT2D eigenvalue weighted by atomic mass is 35.5. The Kier molecular flexibility index (Phi) is 9.75. The second-order valence-electron chi connectivity index (χ2n) is 17.0. The predicted molar refractivity (Wildman–Crippen MR) is 224 cm³/mol. The average Bonchev–Trinajstić information content (AvgIpc) is 3.58. The lowest BCUT2D eigenvalue weighted by Gasteiger charge is -2.63. The lowest BCUT2D eigenvalue weighted by atomic mass is 9.44. The molecule has 0 aliphatic heterocycles. The summed E-state index contributed by atoms with van der Waals surface area (Å²) in [6.45, 7) is 10.9. The fraction of sp³-hybridized carbons (Fsp3) is 0.341. The highest BCUT2D eigenvalue weighted by molar-refractivity contribution is 7.90. The van der Waals surface area contributed by atoms with Crippen LogP contribution < -0.4 is 15.7 Å². The normalized spacial score (nSPS) is 20.8. The Morgan fingerprint density at radius 1 is 0.964 bits per heavy atom. The molecule has 2 bridgehead atoms. The second kappa shape index (κ2) is 14.2. The van der Waals surface area contributed by atoms with Gasteiger partial charge in [-0.3, -0.25) is 0 Å². The Labute approximate surface area is 334 Å². The number of halogens is 2. The molecule has 3 aliphatic carbocycles. The van der Waals surface area contributed by atoms with Gasteiger partial charge in [0.15, 0.2) is 23.1 Å². The Balaban J connectivity index is 1.13. The summed E-state index contributed by atoms with van der Waals surface area (Å²) >= 11 is 6.40. The highest BCUT2D eigenvalue weighted by Crippen LogP contribution is 2.62. The molecule has 290 valence electrons. The Morgan fingerprint density at radius 2 is 1.61 bits per heavy atom. The van der Waals surface area contributed by atoms with Crippen LogP contribution in [0.4, 0.5) is 10.2 Å². The van der Waals surface area contributed by atoms with Gasteiger partial charge in [0, 0.05) is 29.4 Å². The second-order valence-corrected chi connectivity index (χ2v) is 23.1. The summed E-state index contributed by atoms with van der Waals surface area (Å²) in [5.74, 6) is 0.690. The zero-order valence-electron chi connectivity index (χ0n) is 32.2. The van der Waals surface area contributed by atoms with Crippen molar-refractivity contribution in [1.29, 1.82) is 0 Å². The highest BCUT2D eigenvalue weighted by Gasteiger charge is 2.58. The van der Waals surface area contributed by atoms with Crippen LogP contribution in [0.5, 0.6) is 0 Å². The first kappa shape index (κ1) is 38.5. The summed E-state index contributed by atoms with van der Waals surface area (Å²) < 4.78 is 44.9. The maximum absolute atomic E-state index is 15.9. The van der Waals surface area contributed by atoms with E-state index in [4.69, 9.17) is 16.6 Å². The van der Waals surface area contributed by atoms with Gasteiger partial charge in [-0.15, -0.1) is 0 Å². The minimum absolute atomic E-state index is 0.0692. The minimum Gasteiger partial charge on any atom is -0.424 e. The number of anilines is 1. The van der Waals surface area contributed by atoms with Crippen molar-refractivity contribution in [1.82, 2.24) is 18.9 Å². The average molecular weight is 808 g/mol. The molecule has 3 aromatic carbocycles. The van der Waals surface area contributed by atoms with Gasteiger partial charge in [-0.1, -0.05) is 118 Å². The van der Waals surface area contributed by atoms with Crippen molar-refractivity contribution in [3.63, 3.8) is 0 Å². The zero-order valence-corrected chi connectivity index (χ0v) is 34.8. The van der Waals surface area contributed by atoms with E-state index >= 15 is 4.39 Å². The molecule has 0 amide bonds. The number of hydrogen-bond donors (Lipinski definition) is 2. The molecule has 8 nitrogen and oxygen atoms in total. The molecule has 9 rings (SSSR count). The topological polar surface area (TPSA) is 110 Å². The lowest BCUT2D eigenvalue weighted by Crippen LogP contribution is -2.65. The molecule has 3 saturated carbocycles. The van der Waals surface area contributed by atoms with Crippen molar-refractivity contribution in [2.24, 2.45) is 23.2 Å². The van der Waals surface area contributed by atoms with Crippen molar-refractivity contribution in [3.05, 3.63) is 126 Å². The molecule has 56 heavy (non-hydrogen) atoms. The van der Waals surface area contributed by atoms with Gasteiger partial charge in [-0.05, 0) is 89.4 Å². The molecule has 2 unspecified atom stereocenters. The number of fused-ring (bicyclic) bond motifs is 3. The quantitative estimate of drug-likeness (QED) is 0.126. The molecule has 2 N–H and O–H groups in total. The van der Waals surface area contributed by atoms with Crippen molar-refractivity contribution in [3.8, 4) is 11.4 Å². The van der Waals surface area contributed by atoms with Gasteiger partial charge in [0.25, 0.3) is 18.3 Å². The molecule has 3 heterocycles. The third-order valence-corrected chi connectivity index (χ3v) is 19.4. The molecule has 0 saturated heterocycles. The molecule has 12 heteroatoms. The van der Waals surface area contributed by atoms with E-state index in [1.54, 1.807) is 30.3 Å². The Morgan fingerprint density at radius 3 is 2.23 bits per heavy atom. The van der Waals surface area contributed by atoms with Gasteiger partial charge >= 0.3 is 0 Å². The molecular formula is C44H47ClFN5O3SSi. The van der Waals surface area contributed by atoms with Crippen LogP contribution in [0.2, 0.25) is 10.1 Å². The van der Waals surface area contributed by atoms with Crippen molar-refractivity contribution >= 4 is 57.2 Å². The zero-order chi connectivity index (χ0) is 39.6. The van der Waals surface area contributed by atoms with Crippen LogP contribution in [-0.2, 0) is 10.0 Å². The summed E-state index contributed by atoms with van der Waals surface area (Å²) in [5.41, 5.74) is 1.53. The number of aryl methyl sites for hydroxylation is 1. The van der Waals surface area contributed by atoms with Crippen molar-refractivity contribution in [2.45, 2.75) is 76.3 Å². The number of nitrogens with zero attached hydrogens (tertiary/aromatic N) is 4. The summed E-state index contributed by atoms with van der Waals surface area (Å²) in [4.78, 5) is 26.5. The maximum atomic E-state index is 15.9. The van der Waals surface area contributed by atoms with E-state index in [9.17, 15) is 13.2 Å². The van der Waals surface area contributed by atoms with E-state index in [-0.39, 0.29) is 45.5 Å². The molecule has 3 fully saturated rings. The van der Waals surface area contributed by atoms with Gasteiger partial charge < -0.3 is 10.1 Å². The van der Waals surface area contributed by atoms with Crippen molar-refractivity contribution in [2.75, 3.05) is 5.32 Å².